The van der Waals surface area contributed by atoms with Crippen LogP contribution in [0.4, 0.5) is 4.79 Å². The van der Waals surface area contributed by atoms with Gasteiger partial charge in [-0.15, -0.1) is 0 Å². The molecule has 0 radical (unpaired) electrons. The normalized spacial score (nSPS) is 36.8. The standard InChI is InChI=1S/C27H40N2O7/c1-24(2,3)36-23(33)28-12-9-17(22(32)34-6)29-20(31)8-10-25(4)19(30)7-11-27-14-16-13-18(21(25)27)35-26(16,5)15-27/h7,11,16-18,21H,8-10,12-15H2,1-6H3,(H,28,33)(H,29,31)/t16-,17+,18+,21+,25-,26+,27+/m1/s1. The Kier molecular flexibility index (Phi) is 6.77. The van der Waals surface area contributed by atoms with Crippen molar-refractivity contribution in [3.8, 4) is 0 Å². The molecule has 5 rings (SSSR count). The Bertz CT molecular complexity index is 972. The Hall–Kier alpha value is -2.42. The molecule has 4 fully saturated rings. The number of amides is 2. The predicted octanol–water partition coefficient (Wildman–Crippen LogP) is 3.06. The lowest BCUT2D eigenvalue weighted by Crippen LogP contribution is -2.56. The summed E-state index contributed by atoms with van der Waals surface area (Å²) in [5, 5.41) is 5.32. The molecular formula is C27H40N2O7. The number of ketones is 1. The average molecular weight is 505 g/mol. The highest BCUT2D eigenvalue weighted by Gasteiger charge is 2.71. The molecular weight excluding hydrogens is 464 g/mol. The molecule has 0 aromatic carbocycles. The maximum atomic E-state index is 13.2. The molecule has 7 atom stereocenters. The fourth-order valence-electron chi connectivity index (χ4n) is 7.30. The van der Waals surface area contributed by atoms with E-state index in [0.717, 1.165) is 19.3 Å². The minimum atomic E-state index is -0.917. The number of carbonyl (C=O) groups excluding carboxylic acids is 4. The van der Waals surface area contributed by atoms with Gasteiger partial charge in [-0.05, 0) is 77.2 Å². The SMILES string of the molecule is COC(=O)[C@H](CCNC(=O)OC(C)(C)C)NC(=O)CC[C@]1(C)C(=O)C=C[C@]23C[C@H]4C[C@H](O[C@@]4(C)C2)[C@H]31. The van der Waals surface area contributed by atoms with E-state index >= 15 is 0 Å². The molecule has 9 nitrogen and oxygen atoms in total. The Morgan fingerprint density at radius 3 is 2.61 bits per heavy atom. The zero-order valence-electron chi connectivity index (χ0n) is 22.3. The van der Waals surface area contributed by atoms with Crippen molar-refractivity contribution in [2.75, 3.05) is 13.7 Å². The van der Waals surface area contributed by atoms with Gasteiger partial charge in [-0.2, -0.15) is 0 Å². The first-order valence-electron chi connectivity index (χ1n) is 13.0. The first-order chi connectivity index (χ1) is 16.7. The second-order valence-electron chi connectivity index (χ2n) is 12.5. The summed E-state index contributed by atoms with van der Waals surface area (Å²) in [6, 6.07) is -0.917. The molecule has 200 valence electrons. The van der Waals surface area contributed by atoms with E-state index in [9.17, 15) is 19.2 Å². The van der Waals surface area contributed by atoms with E-state index in [0.29, 0.717) is 12.3 Å². The van der Waals surface area contributed by atoms with Gasteiger partial charge in [-0.3, -0.25) is 9.59 Å². The number of hydrogen-bond acceptors (Lipinski definition) is 7. The van der Waals surface area contributed by atoms with Crippen molar-refractivity contribution in [2.24, 2.45) is 22.7 Å². The number of hydrogen-bond donors (Lipinski definition) is 2. The second kappa shape index (κ2) is 9.15. The highest BCUT2D eigenvalue weighted by molar-refractivity contribution is 5.96. The molecule has 1 spiro atoms. The molecule has 2 saturated carbocycles. The molecule has 2 saturated heterocycles. The molecule has 0 aromatic heterocycles. The van der Waals surface area contributed by atoms with Crippen LogP contribution in [0, 0.1) is 22.7 Å². The summed E-state index contributed by atoms with van der Waals surface area (Å²) in [5.74, 6) is -0.308. The first-order valence-corrected chi connectivity index (χ1v) is 13.0. The van der Waals surface area contributed by atoms with Crippen molar-refractivity contribution in [3.05, 3.63) is 12.2 Å². The van der Waals surface area contributed by atoms with Crippen LogP contribution < -0.4 is 10.6 Å². The Morgan fingerprint density at radius 2 is 1.97 bits per heavy atom. The van der Waals surface area contributed by atoms with Crippen molar-refractivity contribution in [1.29, 1.82) is 0 Å². The van der Waals surface area contributed by atoms with E-state index in [1.165, 1.54) is 7.11 Å². The van der Waals surface area contributed by atoms with Gasteiger partial charge < -0.3 is 24.8 Å². The van der Waals surface area contributed by atoms with Crippen LogP contribution in [0.2, 0.25) is 0 Å². The van der Waals surface area contributed by atoms with Crippen LogP contribution in [0.1, 0.15) is 73.1 Å². The zero-order chi connectivity index (χ0) is 26.5. The summed E-state index contributed by atoms with van der Waals surface area (Å²) in [6.07, 6.45) is 6.84. The van der Waals surface area contributed by atoms with Crippen molar-refractivity contribution in [2.45, 2.75) is 96.5 Å². The number of nitrogens with one attached hydrogen (secondary N) is 2. The number of ether oxygens (including phenoxy) is 3. The number of esters is 1. The molecule has 0 aromatic rings. The van der Waals surface area contributed by atoms with Crippen LogP contribution in [-0.2, 0) is 28.6 Å². The molecule has 2 N–H and O–H groups in total. The lowest BCUT2D eigenvalue weighted by atomic mass is 9.51. The second-order valence-corrected chi connectivity index (χ2v) is 12.5. The fraction of sp³-hybridized carbons (Fsp3) is 0.778. The molecule has 4 bridgehead atoms. The van der Waals surface area contributed by atoms with Gasteiger partial charge in [0.1, 0.15) is 11.6 Å². The molecule has 2 aliphatic heterocycles. The quantitative estimate of drug-likeness (QED) is 0.488. The van der Waals surface area contributed by atoms with Gasteiger partial charge in [0.2, 0.25) is 5.91 Å². The summed E-state index contributed by atoms with van der Waals surface area (Å²) in [7, 11) is 1.25. The summed E-state index contributed by atoms with van der Waals surface area (Å²) >= 11 is 0. The van der Waals surface area contributed by atoms with E-state index in [-0.39, 0.29) is 54.1 Å². The monoisotopic (exact) mass is 504 g/mol. The van der Waals surface area contributed by atoms with Crippen LogP contribution in [0.3, 0.4) is 0 Å². The third kappa shape index (κ3) is 4.78. The number of allylic oxidation sites excluding steroid dienone is 2. The van der Waals surface area contributed by atoms with Crippen molar-refractivity contribution >= 4 is 23.8 Å². The van der Waals surface area contributed by atoms with E-state index < -0.39 is 29.1 Å². The summed E-state index contributed by atoms with van der Waals surface area (Å²) in [4.78, 5) is 50.2. The van der Waals surface area contributed by atoms with Crippen LogP contribution >= 0.6 is 0 Å². The third-order valence-corrected chi connectivity index (χ3v) is 8.71. The van der Waals surface area contributed by atoms with Crippen molar-refractivity contribution < 1.29 is 33.4 Å². The number of methoxy groups -OCH3 is 1. The summed E-state index contributed by atoms with van der Waals surface area (Å²) in [5.41, 5.74) is -1.49. The van der Waals surface area contributed by atoms with Crippen LogP contribution in [-0.4, -0.2) is 60.8 Å². The fourth-order valence-corrected chi connectivity index (χ4v) is 7.30. The zero-order valence-corrected chi connectivity index (χ0v) is 22.3. The molecule has 2 amide bonds. The molecule has 9 heteroatoms. The van der Waals surface area contributed by atoms with Gasteiger partial charge in [-0.1, -0.05) is 13.0 Å². The van der Waals surface area contributed by atoms with Gasteiger partial charge in [0.05, 0.1) is 18.8 Å². The minimum Gasteiger partial charge on any atom is -0.467 e. The Labute approximate surface area is 213 Å². The van der Waals surface area contributed by atoms with E-state index in [2.05, 4.69) is 23.6 Å². The van der Waals surface area contributed by atoms with Crippen LogP contribution in [0.5, 0.6) is 0 Å². The van der Waals surface area contributed by atoms with Gasteiger partial charge >= 0.3 is 12.1 Å². The van der Waals surface area contributed by atoms with E-state index in [1.54, 1.807) is 26.8 Å². The highest BCUT2D eigenvalue weighted by Crippen LogP contribution is 2.71. The van der Waals surface area contributed by atoms with Gasteiger partial charge in [-0.25, -0.2) is 9.59 Å². The lowest BCUT2D eigenvalue weighted by molar-refractivity contribution is -0.169. The van der Waals surface area contributed by atoms with Gasteiger partial charge in [0.15, 0.2) is 5.78 Å². The molecule has 36 heavy (non-hydrogen) atoms. The lowest BCUT2D eigenvalue weighted by Gasteiger charge is -2.55. The van der Waals surface area contributed by atoms with E-state index in [1.807, 2.05) is 6.92 Å². The minimum absolute atomic E-state index is 0.0335. The third-order valence-electron chi connectivity index (χ3n) is 8.71. The molecule has 2 heterocycles. The maximum absolute atomic E-state index is 13.2. The van der Waals surface area contributed by atoms with Crippen molar-refractivity contribution in [1.82, 2.24) is 10.6 Å². The summed E-state index contributed by atoms with van der Waals surface area (Å²) < 4.78 is 16.5. The number of alkyl carbamates (subject to hydrolysis) is 1. The Morgan fingerprint density at radius 1 is 1.25 bits per heavy atom. The molecule has 3 aliphatic carbocycles. The van der Waals surface area contributed by atoms with Gasteiger partial charge in [0, 0.05) is 24.3 Å². The first kappa shape index (κ1) is 26.6. The highest BCUT2D eigenvalue weighted by atomic mass is 16.6. The maximum Gasteiger partial charge on any atom is 0.407 e. The smallest absolute Gasteiger partial charge is 0.407 e. The summed E-state index contributed by atoms with van der Waals surface area (Å²) in [6.45, 7) is 9.56. The van der Waals surface area contributed by atoms with Crippen molar-refractivity contribution in [3.63, 3.8) is 0 Å². The topological polar surface area (TPSA) is 120 Å². The average Bonchev–Trinajstić information content (AvgIpc) is 3.14. The Balaban J connectivity index is 1.36. The molecule has 0 unspecified atom stereocenters. The number of rotatable bonds is 8. The number of carbonyl (C=O) groups is 4. The largest absolute Gasteiger partial charge is 0.467 e. The molecule has 5 aliphatic rings. The van der Waals surface area contributed by atoms with Crippen LogP contribution in [0.15, 0.2) is 12.2 Å². The van der Waals surface area contributed by atoms with Gasteiger partial charge in [0.25, 0.3) is 0 Å². The van der Waals surface area contributed by atoms with Crippen LogP contribution in [0.25, 0.3) is 0 Å². The van der Waals surface area contributed by atoms with E-state index in [4.69, 9.17) is 14.2 Å². The predicted molar refractivity (Wildman–Crippen MR) is 131 cm³/mol.